The summed E-state index contributed by atoms with van der Waals surface area (Å²) >= 11 is 0. The van der Waals surface area contributed by atoms with Crippen molar-refractivity contribution in [2.75, 3.05) is 6.54 Å². The molecule has 0 aliphatic rings. The van der Waals surface area contributed by atoms with Crippen molar-refractivity contribution in [3.63, 3.8) is 0 Å². The second-order valence-corrected chi connectivity index (χ2v) is 4.85. The largest absolute Gasteiger partial charge is 0.481 e. The predicted molar refractivity (Wildman–Crippen MR) is 66.1 cm³/mol. The normalized spacial score (nSPS) is 12.2. The van der Waals surface area contributed by atoms with E-state index in [2.05, 4.69) is 5.32 Å². The maximum atomic E-state index is 11.5. The van der Waals surface area contributed by atoms with E-state index >= 15 is 0 Å². The van der Waals surface area contributed by atoms with Crippen molar-refractivity contribution in [3.05, 3.63) is 0 Å². The van der Waals surface area contributed by atoms with Crippen molar-refractivity contribution >= 4 is 23.9 Å². The molecule has 0 fully saturated rings. The highest BCUT2D eigenvalue weighted by molar-refractivity contribution is 6.03. The number of nitrogens with one attached hydrogen (secondary N) is 2. The lowest BCUT2D eigenvalue weighted by Crippen LogP contribution is -2.52. The Morgan fingerprint density at radius 2 is 1.70 bits per heavy atom. The predicted octanol–water partition coefficient (Wildman–Crippen LogP) is -0.445. The van der Waals surface area contributed by atoms with Gasteiger partial charge in [-0.3, -0.25) is 14.9 Å². The summed E-state index contributed by atoms with van der Waals surface area (Å²) < 4.78 is 4.82. The summed E-state index contributed by atoms with van der Waals surface area (Å²) in [6.45, 7) is 4.49. The molecular weight excluding hydrogens is 272 g/mol. The zero-order chi connectivity index (χ0) is 15.9. The number of carbonyl (C=O) groups is 4. The zero-order valence-electron chi connectivity index (χ0n) is 11.4. The van der Waals surface area contributed by atoms with Gasteiger partial charge in [0.2, 0.25) is 6.04 Å². The van der Waals surface area contributed by atoms with Crippen LogP contribution >= 0.6 is 0 Å². The van der Waals surface area contributed by atoms with Crippen LogP contribution in [0.5, 0.6) is 0 Å². The van der Waals surface area contributed by atoms with Crippen molar-refractivity contribution in [3.8, 4) is 0 Å². The fourth-order valence-electron chi connectivity index (χ4n) is 1.06. The molecule has 9 nitrogen and oxygen atoms in total. The first-order valence-corrected chi connectivity index (χ1v) is 5.75. The Morgan fingerprint density at radius 3 is 2.10 bits per heavy atom. The third kappa shape index (κ3) is 7.90. The van der Waals surface area contributed by atoms with Gasteiger partial charge in [-0.05, 0) is 20.8 Å². The summed E-state index contributed by atoms with van der Waals surface area (Å²) in [7, 11) is 0. The molecule has 0 saturated heterocycles. The van der Waals surface area contributed by atoms with Gasteiger partial charge in [-0.2, -0.15) is 0 Å². The number of aliphatic carboxylic acids is 2. The number of ether oxygens (including phenoxy) is 1. The SMILES string of the molecule is CC(C)(C)OC(=O)NC(C(=O)O)C(=O)NCCC(=O)O. The fraction of sp³-hybridized carbons (Fsp3) is 0.636. The number of amides is 2. The summed E-state index contributed by atoms with van der Waals surface area (Å²) in [6, 6.07) is -1.85. The van der Waals surface area contributed by atoms with Crippen molar-refractivity contribution < 1.29 is 34.1 Å². The number of carbonyl (C=O) groups excluding carboxylic acids is 2. The monoisotopic (exact) mass is 290 g/mol. The molecule has 0 aliphatic heterocycles. The Bertz CT molecular complexity index is 400. The lowest BCUT2D eigenvalue weighted by Gasteiger charge is -2.21. The molecule has 0 rings (SSSR count). The fourth-order valence-corrected chi connectivity index (χ4v) is 1.06. The molecule has 0 aromatic rings. The second-order valence-electron chi connectivity index (χ2n) is 4.85. The number of carboxylic acid groups (broad SMARTS) is 2. The van der Waals surface area contributed by atoms with Crippen LogP contribution in [0.1, 0.15) is 27.2 Å². The number of carboxylic acids is 2. The molecule has 9 heteroatoms. The van der Waals surface area contributed by atoms with Crippen LogP contribution in [-0.4, -0.2) is 52.3 Å². The number of rotatable bonds is 6. The van der Waals surface area contributed by atoms with Gasteiger partial charge in [-0.15, -0.1) is 0 Å². The van der Waals surface area contributed by atoms with Gasteiger partial charge in [-0.1, -0.05) is 0 Å². The van der Waals surface area contributed by atoms with E-state index in [0.717, 1.165) is 0 Å². The van der Waals surface area contributed by atoms with Gasteiger partial charge in [0.15, 0.2) is 0 Å². The van der Waals surface area contributed by atoms with Crippen LogP contribution in [-0.2, 0) is 19.1 Å². The number of hydrogen-bond donors (Lipinski definition) is 4. The summed E-state index contributed by atoms with van der Waals surface area (Å²) in [5.41, 5.74) is -0.840. The van der Waals surface area contributed by atoms with E-state index in [1.807, 2.05) is 5.32 Å². The third-order valence-electron chi connectivity index (χ3n) is 1.81. The second kappa shape index (κ2) is 7.31. The summed E-state index contributed by atoms with van der Waals surface area (Å²) in [5.74, 6) is -3.74. The van der Waals surface area contributed by atoms with Crippen molar-refractivity contribution in [2.24, 2.45) is 0 Å². The molecule has 0 aromatic carbocycles. The number of alkyl carbamates (subject to hydrolysis) is 1. The van der Waals surface area contributed by atoms with Gasteiger partial charge < -0.3 is 20.3 Å². The first-order valence-electron chi connectivity index (χ1n) is 5.75. The Labute approximate surface area is 115 Å². The van der Waals surface area contributed by atoms with E-state index in [0.29, 0.717) is 0 Å². The molecule has 2 amide bonds. The topological polar surface area (TPSA) is 142 Å². The Hall–Kier alpha value is -2.32. The summed E-state index contributed by atoms with van der Waals surface area (Å²) in [5, 5.41) is 21.2. The smallest absolute Gasteiger partial charge is 0.408 e. The van der Waals surface area contributed by atoms with Gasteiger partial charge >= 0.3 is 18.0 Å². The minimum atomic E-state index is -1.85. The Balaban J connectivity index is 4.49. The molecule has 0 bridgehead atoms. The molecule has 114 valence electrons. The molecule has 20 heavy (non-hydrogen) atoms. The molecule has 0 aliphatic carbocycles. The first-order chi connectivity index (χ1) is 9.03. The molecule has 0 saturated carbocycles. The molecule has 1 atom stereocenters. The molecule has 0 aromatic heterocycles. The highest BCUT2D eigenvalue weighted by atomic mass is 16.6. The minimum absolute atomic E-state index is 0.242. The van der Waals surface area contributed by atoms with E-state index in [1.165, 1.54) is 0 Å². The molecule has 4 N–H and O–H groups in total. The van der Waals surface area contributed by atoms with Gasteiger partial charge in [0, 0.05) is 6.54 Å². The Kier molecular flexibility index (Phi) is 6.47. The van der Waals surface area contributed by atoms with Crippen molar-refractivity contribution in [2.45, 2.75) is 38.8 Å². The highest BCUT2D eigenvalue weighted by Gasteiger charge is 2.30. The van der Waals surface area contributed by atoms with Crippen molar-refractivity contribution in [1.29, 1.82) is 0 Å². The maximum absolute atomic E-state index is 11.5. The van der Waals surface area contributed by atoms with E-state index in [-0.39, 0.29) is 13.0 Å². The molecule has 0 spiro atoms. The standard InChI is InChI=1S/C11H18N2O7/c1-11(2,3)20-10(19)13-7(9(17)18)8(16)12-5-4-6(14)15/h7H,4-5H2,1-3H3,(H,12,16)(H,13,19)(H,14,15)(H,17,18). The molecular formula is C11H18N2O7. The number of hydrogen-bond acceptors (Lipinski definition) is 5. The van der Waals surface area contributed by atoms with Crippen LogP contribution in [0.3, 0.4) is 0 Å². The quantitative estimate of drug-likeness (QED) is 0.485. The van der Waals surface area contributed by atoms with Crippen LogP contribution in [0.4, 0.5) is 4.79 Å². The van der Waals surface area contributed by atoms with Crippen LogP contribution < -0.4 is 10.6 Å². The first kappa shape index (κ1) is 17.7. The van der Waals surface area contributed by atoms with Gasteiger partial charge in [0.1, 0.15) is 5.60 Å². The lowest BCUT2D eigenvalue weighted by atomic mass is 10.2. The van der Waals surface area contributed by atoms with Crippen molar-refractivity contribution in [1.82, 2.24) is 10.6 Å². The van der Waals surface area contributed by atoms with E-state index in [1.54, 1.807) is 20.8 Å². The molecule has 1 unspecified atom stereocenters. The van der Waals surface area contributed by atoms with E-state index in [9.17, 15) is 19.2 Å². The van der Waals surface area contributed by atoms with Gasteiger partial charge in [0.25, 0.3) is 5.91 Å². The van der Waals surface area contributed by atoms with Crippen LogP contribution in [0.25, 0.3) is 0 Å². The maximum Gasteiger partial charge on any atom is 0.408 e. The van der Waals surface area contributed by atoms with Crippen LogP contribution in [0.2, 0.25) is 0 Å². The van der Waals surface area contributed by atoms with Crippen LogP contribution in [0.15, 0.2) is 0 Å². The van der Waals surface area contributed by atoms with E-state index in [4.69, 9.17) is 14.9 Å². The lowest BCUT2D eigenvalue weighted by molar-refractivity contribution is -0.144. The Morgan fingerprint density at radius 1 is 1.15 bits per heavy atom. The summed E-state index contributed by atoms with van der Waals surface area (Å²) in [6.07, 6.45) is -1.41. The van der Waals surface area contributed by atoms with Crippen LogP contribution in [0, 0.1) is 0 Å². The molecule has 0 radical (unpaired) electrons. The van der Waals surface area contributed by atoms with Gasteiger partial charge in [-0.25, -0.2) is 9.59 Å². The highest BCUT2D eigenvalue weighted by Crippen LogP contribution is 2.06. The van der Waals surface area contributed by atoms with E-state index < -0.39 is 35.6 Å². The van der Waals surface area contributed by atoms with Gasteiger partial charge in [0.05, 0.1) is 6.42 Å². The molecule has 0 heterocycles. The average Bonchev–Trinajstić information content (AvgIpc) is 2.22. The zero-order valence-corrected chi connectivity index (χ0v) is 11.4. The average molecular weight is 290 g/mol. The minimum Gasteiger partial charge on any atom is -0.481 e. The summed E-state index contributed by atoms with van der Waals surface area (Å²) in [4.78, 5) is 44.1. The third-order valence-corrected chi connectivity index (χ3v) is 1.81.